The van der Waals surface area contributed by atoms with E-state index in [0.717, 1.165) is 49.8 Å². The van der Waals surface area contributed by atoms with Crippen LogP contribution in [0.1, 0.15) is 28.8 Å². The fraction of sp³-hybridized carbons (Fsp3) is 0.444. The number of thiazole rings is 1. The molecule has 7 heteroatoms. The lowest BCUT2D eigenvalue weighted by Crippen LogP contribution is -2.38. The first-order valence-electron chi connectivity index (χ1n) is 8.34. The second kappa shape index (κ2) is 12.5. The van der Waals surface area contributed by atoms with E-state index in [2.05, 4.69) is 33.6 Å². The Morgan fingerprint density at radius 1 is 1.20 bits per heavy atom. The van der Waals surface area contributed by atoms with Gasteiger partial charge in [-0.3, -0.25) is 4.99 Å². The van der Waals surface area contributed by atoms with Crippen LogP contribution in [0.5, 0.6) is 0 Å². The summed E-state index contributed by atoms with van der Waals surface area (Å²) in [6, 6.07) is 8.00. The molecule has 2 N–H and O–H groups in total. The largest absolute Gasteiger partial charge is 0.356 e. The number of hydrogen-bond acceptors (Lipinski definition) is 3. The molecule has 0 saturated carbocycles. The van der Waals surface area contributed by atoms with Crippen molar-refractivity contribution in [1.82, 2.24) is 15.6 Å². The van der Waals surface area contributed by atoms with Gasteiger partial charge >= 0.3 is 0 Å². The van der Waals surface area contributed by atoms with Crippen LogP contribution in [0.3, 0.4) is 0 Å². The second-order valence-electron chi connectivity index (χ2n) is 5.44. The average molecular weight is 493 g/mol. The molecular formula is C18H26ClIN4S. The monoisotopic (exact) mass is 492 g/mol. The standard InChI is InChI=1S/C18H25ClN4S.HI/c1-3-15-13-23-17(24-15)10-12-22-18(20-2)21-11-6-8-14-7-4-5-9-16(14)19;/h4-5,7,9,13H,3,6,8,10-12H2,1-2H3,(H2,20,21,22);1H. The molecule has 2 aromatic rings. The van der Waals surface area contributed by atoms with Gasteiger partial charge in [0.2, 0.25) is 0 Å². The quantitative estimate of drug-likeness (QED) is 0.250. The Morgan fingerprint density at radius 3 is 2.64 bits per heavy atom. The van der Waals surface area contributed by atoms with Crippen LogP contribution in [0.25, 0.3) is 0 Å². The van der Waals surface area contributed by atoms with Crippen molar-refractivity contribution in [2.45, 2.75) is 32.6 Å². The number of aromatic nitrogens is 1. The van der Waals surface area contributed by atoms with E-state index in [1.165, 1.54) is 15.4 Å². The Balaban J connectivity index is 0.00000312. The van der Waals surface area contributed by atoms with Gasteiger partial charge in [-0.25, -0.2) is 4.98 Å². The minimum atomic E-state index is 0. The maximum atomic E-state index is 6.17. The van der Waals surface area contributed by atoms with Crippen LogP contribution in [0, 0.1) is 0 Å². The van der Waals surface area contributed by atoms with E-state index in [4.69, 9.17) is 11.6 Å². The van der Waals surface area contributed by atoms with Crippen LogP contribution in [0.2, 0.25) is 5.02 Å². The Bertz CT molecular complexity index is 660. The van der Waals surface area contributed by atoms with Gasteiger partial charge in [0.15, 0.2) is 5.96 Å². The molecule has 0 aliphatic carbocycles. The Labute approximate surface area is 176 Å². The van der Waals surface area contributed by atoms with Crippen molar-refractivity contribution in [3.63, 3.8) is 0 Å². The van der Waals surface area contributed by atoms with E-state index in [9.17, 15) is 0 Å². The molecule has 0 unspecified atom stereocenters. The van der Waals surface area contributed by atoms with Gasteiger partial charge in [-0.1, -0.05) is 36.7 Å². The topological polar surface area (TPSA) is 49.3 Å². The third-order valence-corrected chi connectivity index (χ3v) is 5.25. The molecule has 138 valence electrons. The van der Waals surface area contributed by atoms with Gasteiger partial charge in [-0.05, 0) is 30.9 Å². The summed E-state index contributed by atoms with van der Waals surface area (Å²) in [5, 5.41) is 8.69. The second-order valence-corrected chi connectivity index (χ2v) is 7.05. The van der Waals surface area contributed by atoms with E-state index in [1.54, 1.807) is 18.4 Å². The zero-order chi connectivity index (χ0) is 17.2. The molecule has 1 heterocycles. The molecule has 4 nitrogen and oxygen atoms in total. The molecule has 1 aromatic carbocycles. The third kappa shape index (κ3) is 7.92. The van der Waals surface area contributed by atoms with Gasteiger partial charge in [-0.2, -0.15) is 0 Å². The number of rotatable bonds is 8. The zero-order valence-electron chi connectivity index (χ0n) is 14.7. The minimum Gasteiger partial charge on any atom is -0.356 e. The molecule has 0 fully saturated rings. The van der Waals surface area contributed by atoms with Crippen LogP contribution in [-0.4, -0.2) is 31.1 Å². The minimum absolute atomic E-state index is 0. The van der Waals surface area contributed by atoms with Gasteiger partial charge in [0, 0.05) is 42.7 Å². The smallest absolute Gasteiger partial charge is 0.190 e. The van der Waals surface area contributed by atoms with Gasteiger partial charge in [0.05, 0.1) is 5.01 Å². The van der Waals surface area contributed by atoms with Crippen molar-refractivity contribution in [2.75, 3.05) is 20.1 Å². The molecule has 0 aliphatic rings. The zero-order valence-corrected chi connectivity index (χ0v) is 18.6. The summed E-state index contributed by atoms with van der Waals surface area (Å²) in [6.45, 7) is 3.85. The van der Waals surface area contributed by atoms with E-state index >= 15 is 0 Å². The van der Waals surface area contributed by atoms with Crippen molar-refractivity contribution in [3.8, 4) is 0 Å². The van der Waals surface area contributed by atoms with Crippen LogP contribution in [0.15, 0.2) is 35.5 Å². The molecule has 1 aromatic heterocycles. The van der Waals surface area contributed by atoms with Crippen molar-refractivity contribution in [1.29, 1.82) is 0 Å². The third-order valence-electron chi connectivity index (χ3n) is 3.68. The molecule has 0 spiro atoms. The number of nitrogens with zero attached hydrogens (tertiary/aromatic N) is 2. The fourth-order valence-corrected chi connectivity index (χ4v) is 3.41. The van der Waals surface area contributed by atoms with Crippen LogP contribution < -0.4 is 10.6 Å². The lowest BCUT2D eigenvalue weighted by atomic mass is 10.1. The number of halogens is 2. The molecule has 0 aliphatic heterocycles. The molecular weight excluding hydrogens is 467 g/mol. The Hall–Kier alpha value is -0.860. The van der Waals surface area contributed by atoms with Crippen molar-refractivity contribution < 1.29 is 0 Å². The number of benzene rings is 1. The first-order chi connectivity index (χ1) is 11.7. The fourth-order valence-electron chi connectivity index (χ4n) is 2.32. The first kappa shape index (κ1) is 22.2. The Kier molecular flexibility index (Phi) is 11.1. The number of nitrogens with one attached hydrogen (secondary N) is 2. The summed E-state index contributed by atoms with van der Waals surface area (Å²) in [5.74, 6) is 0.835. The average Bonchev–Trinajstić information content (AvgIpc) is 3.06. The number of hydrogen-bond donors (Lipinski definition) is 2. The number of aliphatic imine (C=N–C) groups is 1. The molecule has 0 amide bonds. The van der Waals surface area contributed by atoms with Crippen LogP contribution in [0.4, 0.5) is 0 Å². The van der Waals surface area contributed by atoms with Crippen molar-refractivity contribution in [2.24, 2.45) is 4.99 Å². The van der Waals surface area contributed by atoms with E-state index < -0.39 is 0 Å². The highest BCUT2D eigenvalue weighted by atomic mass is 127. The van der Waals surface area contributed by atoms with Crippen LogP contribution in [-0.2, 0) is 19.3 Å². The summed E-state index contributed by atoms with van der Waals surface area (Å²) in [6.07, 6.45) is 5.92. The van der Waals surface area contributed by atoms with Crippen molar-refractivity contribution >= 4 is 52.9 Å². The number of aryl methyl sites for hydroxylation is 2. The number of guanidine groups is 1. The van der Waals surface area contributed by atoms with Gasteiger partial charge < -0.3 is 10.6 Å². The van der Waals surface area contributed by atoms with Gasteiger partial charge in [-0.15, -0.1) is 35.3 Å². The highest BCUT2D eigenvalue weighted by Gasteiger charge is 2.03. The SMILES string of the molecule is CCc1cnc(CCNC(=NC)NCCCc2ccccc2Cl)s1.I. The summed E-state index contributed by atoms with van der Waals surface area (Å²) < 4.78 is 0. The molecule has 0 saturated heterocycles. The maximum absolute atomic E-state index is 6.17. The summed E-state index contributed by atoms with van der Waals surface area (Å²) in [4.78, 5) is 10.0. The summed E-state index contributed by atoms with van der Waals surface area (Å²) in [5.41, 5.74) is 1.19. The maximum Gasteiger partial charge on any atom is 0.190 e. The predicted octanol–water partition coefficient (Wildman–Crippen LogP) is 4.32. The van der Waals surface area contributed by atoms with Crippen LogP contribution >= 0.6 is 46.9 Å². The predicted molar refractivity (Wildman–Crippen MR) is 120 cm³/mol. The lowest BCUT2D eigenvalue weighted by Gasteiger charge is -2.11. The molecule has 0 radical (unpaired) electrons. The van der Waals surface area contributed by atoms with Gasteiger partial charge in [0.25, 0.3) is 0 Å². The first-order valence-corrected chi connectivity index (χ1v) is 9.54. The highest BCUT2D eigenvalue weighted by Crippen LogP contribution is 2.16. The molecule has 2 rings (SSSR count). The molecule has 25 heavy (non-hydrogen) atoms. The van der Waals surface area contributed by atoms with E-state index in [-0.39, 0.29) is 24.0 Å². The van der Waals surface area contributed by atoms with Gasteiger partial charge in [0.1, 0.15) is 0 Å². The highest BCUT2D eigenvalue weighted by molar-refractivity contribution is 14.0. The Morgan fingerprint density at radius 2 is 1.96 bits per heavy atom. The lowest BCUT2D eigenvalue weighted by molar-refractivity contribution is 0.738. The summed E-state index contributed by atoms with van der Waals surface area (Å²) in [7, 11) is 1.79. The molecule has 0 atom stereocenters. The van der Waals surface area contributed by atoms with Crippen molar-refractivity contribution in [3.05, 3.63) is 50.9 Å². The normalized spacial score (nSPS) is 11.1. The molecule has 0 bridgehead atoms. The van der Waals surface area contributed by atoms with E-state index in [0.29, 0.717) is 0 Å². The summed E-state index contributed by atoms with van der Waals surface area (Å²) >= 11 is 7.96. The van der Waals surface area contributed by atoms with E-state index in [1.807, 2.05) is 24.4 Å².